The van der Waals surface area contributed by atoms with Gasteiger partial charge in [0.25, 0.3) is 5.56 Å². The third-order valence-corrected chi connectivity index (χ3v) is 3.24. The van der Waals surface area contributed by atoms with Crippen molar-refractivity contribution in [2.75, 3.05) is 12.4 Å². The number of hydrogen-bond acceptors (Lipinski definition) is 5. The van der Waals surface area contributed by atoms with E-state index in [1.807, 2.05) is 0 Å². The second-order valence-corrected chi connectivity index (χ2v) is 5.11. The first kappa shape index (κ1) is 14.2. The molecule has 2 rings (SSSR count). The fourth-order valence-electron chi connectivity index (χ4n) is 1.57. The van der Waals surface area contributed by atoms with Crippen LogP contribution >= 0.6 is 11.8 Å². The van der Waals surface area contributed by atoms with E-state index in [1.54, 1.807) is 31.2 Å². The normalized spacial score (nSPS) is 10.0. The molecule has 6 heteroatoms. The molecule has 102 valence electrons. The number of nitrogens with one attached hydrogen (secondary N) is 1. The minimum Gasteiger partial charge on any atom is -0.493 e. The molecule has 0 radical (unpaired) electrons. The maximum atomic E-state index is 11.3. The first-order valence-electron chi connectivity index (χ1n) is 6.01. The van der Waals surface area contributed by atoms with Crippen LogP contribution in [0.5, 0.6) is 5.75 Å². The summed E-state index contributed by atoms with van der Waals surface area (Å²) in [5.41, 5.74) is 1.11. The van der Waals surface area contributed by atoms with Crippen LogP contribution in [0.3, 0.4) is 0 Å². The van der Waals surface area contributed by atoms with Crippen molar-refractivity contribution in [1.29, 1.82) is 5.26 Å². The number of aromatic nitrogens is 2. The lowest BCUT2D eigenvalue weighted by Gasteiger charge is -2.06. The van der Waals surface area contributed by atoms with Crippen molar-refractivity contribution in [2.24, 2.45) is 0 Å². The quantitative estimate of drug-likeness (QED) is 0.517. The molecule has 0 bridgehead atoms. The molecule has 0 saturated carbocycles. The molecule has 0 saturated heterocycles. The second-order valence-electron chi connectivity index (χ2n) is 4.03. The second kappa shape index (κ2) is 6.78. The Morgan fingerprint density at radius 2 is 2.30 bits per heavy atom. The molecular formula is C14H13N3O2S. The van der Waals surface area contributed by atoms with Crippen molar-refractivity contribution >= 4 is 11.8 Å². The average Bonchev–Trinajstić information content (AvgIpc) is 2.43. The summed E-state index contributed by atoms with van der Waals surface area (Å²) in [6.07, 6.45) is 0. The zero-order chi connectivity index (χ0) is 14.4. The number of hydrogen-bond donors (Lipinski definition) is 1. The number of ether oxygens (including phenoxy) is 1. The van der Waals surface area contributed by atoms with Crippen LogP contribution in [0.1, 0.15) is 11.3 Å². The third kappa shape index (κ3) is 4.14. The molecule has 0 aliphatic carbocycles. The molecule has 0 aliphatic heterocycles. The van der Waals surface area contributed by atoms with Gasteiger partial charge in [-0.3, -0.25) is 4.79 Å². The topological polar surface area (TPSA) is 78.8 Å². The Bertz CT molecular complexity index is 691. The Morgan fingerprint density at radius 1 is 1.45 bits per heavy atom. The van der Waals surface area contributed by atoms with Crippen LogP contribution in [0.4, 0.5) is 0 Å². The Balaban J connectivity index is 1.84. The molecule has 5 nitrogen and oxygen atoms in total. The summed E-state index contributed by atoms with van der Waals surface area (Å²) in [7, 11) is 0. The number of nitrogens with zero attached hydrogens (tertiary/aromatic N) is 2. The molecule has 1 heterocycles. The standard InChI is InChI=1S/C14H13N3O2S/c1-10-7-13(18)17-14(16-10)20-6-5-19-12-4-2-3-11(8-12)9-15/h2-4,7-8H,5-6H2,1H3,(H,16,17,18). The molecule has 20 heavy (non-hydrogen) atoms. The highest BCUT2D eigenvalue weighted by atomic mass is 32.2. The van der Waals surface area contributed by atoms with Crippen molar-refractivity contribution in [3.8, 4) is 11.8 Å². The molecule has 0 unspecified atom stereocenters. The van der Waals surface area contributed by atoms with Gasteiger partial charge in [-0.1, -0.05) is 17.8 Å². The van der Waals surface area contributed by atoms with Gasteiger partial charge in [-0.05, 0) is 25.1 Å². The van der Waals surface area contributed by atoms with Gasteiger partial charge in [0.1, 0.15) is 5.75 Å². The molecule has 1 aromatic heterocycles. The van der Waals surface area contributed by atoms with Crippen LogP contribution in [0.2, 0.25) is 0 Å². The number of rotatable bonds is 5. The summed E-state index contributed by atoms with van der Waals surface area (Å²) in [6, 6.07) is 10.5. The minimum atomic E-state index is -0.150. The molecule has 1 N–H and O–H groups in total. The Kier molecular flexibility index (Phi) is 4.80. The molecule has 0 amide bonds. The van der Waals surface area contributed by atoms with E-state index in [2.05, 4.69) is 16.0 Å². The van der Waals surface area contributed by atoms with Gasteiger partial charge in [-0.25, -0.2) is 4.98 Å². The van der Waals surface area contributed by atoms with Gasteiger partial charge in [-0.2, -0.15) is 5.26 Å². The van der Waals surface area contributed by atoms with Crippen molar-refractivity contribution in [3.63, 3.8) is 0 Å². The lowest BCUT2D eigenvalue weighted by molar-refractivity contribution is 0.344. The summed E-state index contributed by atoms with van der Waals surface area (Å²) < 4.78 is 5.54. The fourth-order valence-corrected chi connectivity index (χ4v) is 2.31. The van der Waals surface area contributed by atoms with Crippen molar-refractivity contribution in [2.45, 2.75) is 12.1 Å². The monoisotopic (exact) mass is 287 g/mol. The van der Waals surface area contributed by atoms with E-state index in [4.69, 9.17) is 10.00 Å². The molecular weight excluding hydrogens is 274 g/mol. The maximum Gasteiger partial charge on any atom is 0.251 e. The number of nitriles is 1. The lowest BCUT2D eigenvalue weighted by atomic mass is 10.2. The van der Waals surface area contributed by atoms with Crippen LogP contribution in [-0.2, 0) is 0 Å². The van der Waals surface area contributed by atoms with E-state index < -0.39 is 0 Å². The predicted octanol–water partition coefficient (Wildman–Crippen LogP) is 2.12. The highest BCUT2D eigenvalue weighted by Crippen LogP contribution is 2.15. The first-order chi connectivity index (χ1) is 9.67. The van der Waals surface area contributed by atoms with Gasteiger partial charge in [0.2, 0.25) is 0 Å². The van der Waals surface area contributed by atoms with E-state index in [0.29, 0.717) is 34.5 Å². The van der Waals surface area contributed by atoms with Crippen LogP contribution in [-0.4, -0.2) is 22.3 Å². The van der Waals surface area contributed by atoms with Crippen LogP contribution in [0.25, 0.3) is 0 Å². The fraction of sp³-hybridized carbons (Fsp3) is 0.214. The number of H-pyrrole nitrogens is 1. The highest BCUT2D eigenvalue weighted by molar-refractivity contribution is 7.99. The van der Waals surface area contributed by atoms with E-state index in [1.165, 1.54) is 17.8 Å². The van der Waals surface area contributed by atoms with Crippen LogP contribution < -0.4 is 10.3 Å². The Labute approximate surface area is 120 Å². The molecule has 2 aromatic rings. The molecule has 0 spiro atoms. The minimum absolute atomic E-state index is 0.150. The Hall–Kier alpha value is -2.26. The summed E-state index contributed by atoms with van der Waals surface area (Å²) in [5, 5.41) is 9.37. The van der Waals surface area contributed by atoms with Gasteiger partial charge >= 0.3 is 0 Å². The van der Waals surface area contributed by atoms with Gasteiger partial charge in [0, 0.05) is 17.5 Å². The number of thioether (sulfide) groups is 1. The summed E-state index contributed by atoms with van der Waals surface area (Å²) in [4.78, 5) is 18.1. The molecule has 0 aliphatic rings. The van der Waals surface area contributed by atoms with E-state index in [-0.39, 0.29) is 5.56 Å². The Morgan fingerprint density at radius 3 is 3.05 bits per heavy atom. The number of aryl methyl sites for hydroxylation is 1. The largest absolute Gasteiger partial charge is 0.493 e. The number of aromatic amines is 1. The average molecular weight is 287 g/mol. The summed E-state index contributed by atoms with van der Waals surface area (Å²) >= 11 is 1.42. The van der Waals surface area contributed by atoms with Gasteiger partial charge in [0.15, 0.2) is 5.16 Å². The van der Waals surface area contributed by atoms with Crippen LogP contribution in [0.15, 0.2) is 40.3 Å². The first-order valence-corrected chi connectivity index (χ1v) is 6.99. The zero-order valence-electron chi connectivity index (χ0n) is 10.9. The molecule has 0 atom stereocenters. The van der Waals surface area contributed by atoms with Crippen LogP contribution in [0, 0.1) is 18.3 Å². The van der Waals surface area contributed by atoms with Gasteiger partial charge in [-0.15, -0.1) is 0 Å². The van der Waals surface area contributed by atoms with Gasteiger partial charge < -0.3 is 9.72 Å². The summed E-state index contributed by atoms with van der Waals surface area (Å²) in [5.74, 6) is 1.32. The van der Waals surface area contributed by atoms with E-state index in [0.717, 1.165) is 0 Å². The predicted molar refractivity (Wildman–Crippen MR) is 77.0 cm³/mol. The summed E-state index contributed by atoms with van der Waals surface area (Å²) in [6.45, 7) is 2.25. The van der Waals surface area contributed by atoms with Crippen molar-refractivity contribution < 1.29 is 4.74 Å². The van der Waals surface area contributed by atoms with Gasteiger partial charge in [0.05, 0.1) is 18.2 Å². The molecule has 0 fully saturated rings. The van der Waals surface area contributed by atoms with Crippen molar-refractivity contribution in [3.05, 3.63) is 51.9 Å². The number of benzene rings is 1. The SMILES string of the molecule is Cc1cc(=O)[nH]c(SCCOc2cccc(C#N)c2)n1. The lowest BCUT2D eigenvalue weighted by Crippen LogP contribution is -2.09. The highest BCUT2D eigenvalue weighted by Gasteiger charge is 2.00. The molecule has 1 aromatic carbocycles. The smallest absolute Gasteiger partial charge is 0.251 e. The van der Waals surface area contributed by atoms with Crippen molar-refractivity contribution in [1.82, 2.24) is 9.97 Å². The third-order valence-electron chi connectivity index (χ3n) is 2.40. The van der Waals surface area contributed by atoms with E-state index in [9.17, 15) is 4.79 Å². The maximum absolute atomic E-state index is 11.3. The zero-order valence-corrected chi connectivity index (χ0v) is 11.7. The van der Waals surface area contributed by atoms with E-state index >= 15 is 0 Å².